The number of aromatic hydroxyl groups is 1. The molecular weight excluding hydrogens is 1330 g/mol. The van der Waals surface area contributed by atoms with Gasteiger partial charge in [0.25, 0.3) is 0 Å². The van der Waals surface area contributed by atoms with Crippen LogP contribution < -0.4 is 37.3 Å². The number of aliphatic hydroxyl groups excluding tert-OH is 2. The summed E-state index contributed by atoms with van der Waals surface area (Å²) in [6.45, 7) is 6.15. The lowest BCUT2D eigenvalue weighted by Crippen LogP contribution is -2.78. The maximum atomic E-state index is 14.9. The summed E-state index contributed by atoms with van der Waals surface area (Å²) in [5.74, 6) is -11.1. The summed E-state index contributed by atoms with van der Waals surface area (Å²) in [5.41, 5.74) is 15.7. The van der Waals surface area contributed by atoms with Crippen LogP contribution in [0.5, 0.6) is 5.75 Å². The van der Waals surface area contributed by atoms with Crippen LogP contribution in [0.2, 0.25) is 0 Å². The van der Waals surface area contributed by atoms with E-state index in [0.29, 0.717) is 27.9 Å². The minimum absolute atomic E-state index is 0.00949. The molecule has 0 aromatic heterocycles. The molecular formula is C81H94N7O16+. The summed E-state index contributed by atoms with van der Waals surface area (Å²) in [5, 5.41) is 52.0. The first-order valence-corrected chi connectivity index (χ1v) is 34.9. The van der Waals surface area contributed by atoms with E-state index in [0.717, 1.165) is 32.7 Å². The molecule has 6 aromatic carbocycles. The second-order valence-electron chi connectivity index (χ2n) is 26.0. The first-order valence-electron chi connectivity index (χ1n) is 34.9. The highest BCUT2D eigenvalue weighted by Gasteiger charge is 2.36. The number of ether oxygens (including phenoxy) is 2. The lowest BCUT2D eigenvalue weighted by atomic mass is 9.86. The van der Waals surface area contributed by atoms with Crippen molar-refractivity contribution in [1.29, 1.82) is 0 Å². The topological polar surface area (TPSA) is 375 Å². The third-order valence-corrected chi connectivity index (χ3v) is 17.7. The van der Waals surface area contributed by atoms with Crippen LogP contribution in [0, 0.1) is 29.6 Å². The summed E-state index contributed by atoms with van der Waals surface area (Å²) in [7, 11) is 0. The maximum absolute atomic E-state index is 14.9. The van der Waals surface area contributed by atoms with E-state index in [4.69, 9.17) is 20.9 Å². The van der Waals surface area contributed by atoms with Crippen molar-refractivity contribution in [3.8, 4) is 16.9 Å². The molecule has 4 amide bonds. The van der Waals surface area contributed by atoms with E-state index in [9.17, 15) is 68.4 Å². The molecule has 12 N–H and O–H groups in total. The second-order valence-corrected chi connectivity index (χ2v) is 26.0. The number of anilines is 1. The Bertz CT molecular complexity index is 4140. The summed E-state index contributed by atoms with van der Waals surface area (Å²) in [6.07, 6.45) is -1.90. The van der Waals surface area contributed by atoms with E-state index in [1.807, 2.05) is 92.7 Å². The lowest BCUT2D eigenvalue weighted by Gasteiger charge is -2.27. The Hall–Kier alpha value is -11.2. The number of ketones is 4. The van der Waals surface area contributed by atoms with Gasteiger partial charge < -0.3 is 45.9 Å². The van der Waals surface area contributed by atoms with Crippen LogP contribution in [0.3, 0.4) is 0 Å². The van der Waals surface area contributed by atoms with Gasteiger partial charge in [-0.05, 0) is 127 Å². The van der Waals surface area contributed by atoms with E-state index in [2.05, 4.69) is 27.0 Å². The van der Waals surface area contributed by atoms with Crippen LogP contribution in [-0.2, 0) is 67.1 Å². The lowest BCUT2D eigenvalue weighted by molar-refractivity contribution is -0.459. The van der Waals surface area contributed by atoms with Crippen LogP contribution in [0.15, 0.2) is 182 Å². The Labute approximate surface area is 604 Å². The third-order valence-electron chi connectivity index (χ3n) is 17.7. The van der Waals surface area contributed by atoms with Crippen LogP contribution in [0.25, 0.3) is 32.7 Å². The zero-order chi connectivity index (χ0) is 75.2. The van der Waals surface area contributed by atoms with Gasteiger partial charge in [-0.25, -0.2) is 4.79 Å². The van der Waals surface area contributed by atoms with Gasteiger partial charge >= 0.3 is 24.0 Å². The molecule has 0 bridgehead atoms. The van der Waals surface area contributed by atoms with Gasteiger partial charge in [-0.2, -0.15) is 0 Å². The SMILES string of the molecule is CC(C)CC(CC(=O)C(Cc1ccc(O)cc1)NC(=O)C(CC(=O)C(Cc1ccccc1)NC(=O)C(CO)CC(=O)c1cc2cccccc-2c1)Cc1ccccc1)C(=O)NC(CCC[NH+]=C(N)N)C(=O)CC(CO)C(=O)O.CCOC(=O)CN(C(=O)OCC)c1c2ccccc2cc2ccccc12. The Morgan fingerprint density at radius 1 is 0.510 bits per heavy atom. The van der Waals surface area contributed by atoms with Crippen molar-refractivity contribution < 1.29 is 82.8 Å². The van der Waals surface area contributed by atoms with E-state index in [-0.39, 0.29) is 94.7 Å². The van der Waals surface area contributed by atoms with Crippen LogP contribution in [0.4, 0.5) is 10.5 Å². The molecule has 2 aliphatic rings. The van der Waals surface area contributed by atoms with Gasteiger partial charge in [0.05, 0.1) is 68.6 Å². The van der Waals surface area contributed by atoms with Crippen molar-refractivity contribution in [3.05, 3.63) is 204 Å². The van der Waals surface area contributed by atoms with Gasteiger partial charge in [0.15, 0.2) is 23.1 Å². The molecule has 0 spiro atoms. The number of guanidine groups is 1. The van der Waals surface area contributed by atoms with Gasteiger partial charge in [0.1, 0.15) is 12.3 Å². The van der Waals surface area contributed by atoms with Gasteiger partial charge in [0.2, 0.25) is 17.7 Å². The number of nitrogens with two attached hydrogens (primary N) is 2. The monoisotopic (exact) mass is 1420 g/mol. The van der Waals surface area contributed by atoms with Crippen molar-refractivity contribution in [2.24, 2.45) is 41.1 Å². The highest BCUT2D eigenvalue weighted by atomic mass is 16.6. The average molecular weight is 1420 g/mol. The molecule has 0 saturated heterocycles. The fraction of sp³-hybridized carbons (Fsp3) is 0.346. The largest absolute Gasteiger partial charge is 0.508 e. The van der Waals surface area contributed by atoms with Crippen molar-refractivity contribution in [1.82, 2.24) is 16.0 Å². The van der Waals surface area contributed by atoms with E-state index in [1.165, 1.54) is 17.0 Å². The number of carbonyl (C=O) groups is 10. The number of hydrogen-bond donors (Lipinski definition) is 10. The number of benzene rings is 6. The van der Waals surface area contributed by atoms with Crippen LogP contribution in [0.1, 0.15) is 99.7 Å². The fourth-order valence-electron chi connectivity index (χ4n) is 12.3. The van der Waals surface area contributed by atoms with Crippen LogP contribution in [-0.4, -0.2) is 143 Å². The van der Waals surface area contributed by atoms with E-state index >= 15 is 0 Å². The summed E-state index contributed by atoms with van der Waals surface area (Å²) in [6, 6.07) is 50.5. The van der Waals surface area contributed by atoms with Gasteiger partial charge in [0, 0.05) is 53.9 Å². The number of Topliss-reactive ketones (excluding diaryl/α,β-unsaturated/α-hetero) is 4. The quantitative estimate of drug-likeness (QED) is 0.00451. The number of fused-ring (bicyclic) bond motifs is 3. The Kier molecular flexibility index (Phi) is 31.2. The maximum Gasteiger partial charge on any atom is 0.414 e. The Morgan fingerprint density at radius 2 is 0.962 bits per heavy atom. The molecule has 2 aliphatic carbocycles. The summed E-state index contributed by atoms with van der Waals surface area (Å²) >= 11 is 0. The molecule has 7 unspecified atom stereocenters. The zero-order valence-corrected chi connectivity index (χ0v) is 59.0. The predicted molar refractivity (Wildman–Crippen MR) is 395 cm³/mol. The zero-order valence-electron chi connectivity index (χ0n) is 59.0. The molecule has 7 atom stereocenters. The minimum atomic E-state index is -1.42. The van der Waals surface area contributed by atoms with Gasteiger partial charge in [-0.15, -0.1) is 0 Å². The van der Waals surface area contributed by atoms with Gasteiger partial charge in [-0.3, -0.25) is 64.5 Å². The fourth-order valence-corrected chi connectivity index (χ4v) is 12.3. The van der Waals surface area contributed by atoms with Crippen molar-refractivity contribution in [3.63, 3.8) is 0 Å². The first-order chi connectivity index (χ1) is 50.0. The number of rotatable bonds is 38. The first kappa shape index (κ1) is 80.1. The molecule has 6 aromatic rings. The normalized spacial score (nSPS) is 13.1. The molecule has 0 fully saturated rings. The highest BCUT2D eigenvalue weighted by Crippen LogP contribution is 2.36. The molecule has 548 valence electrons. The highest BCUT2D eigenvalue weighted by molar-refractivity contribution is 6.16. The summed E-state index contributed by atoms with van der Waals surface area (Å²) in [4.78, 5) is 140. The number of amides is 4. The molecule has 23 nitrogen and oxygen atoms in total. The number of nitrogens with zero attached hydrogens (tertiary/aromatic N) is 1. The molecule has 23 heteroatoms. The Balaban J connectivity index is 0.000000483. The predicted octanol–water partition coefficient (Wildman–Crippen LogP) is 7.36. The molecule has 0 aliphatic heterocycles. The van der Waals surface area contributed by atoms with Crippen LogP contribution >= 0.6 is 0 Å². The number of phenolic OH excluding ortho intramolecular Hbond substituents is 1. The number of phenols is 1. The minimum Gasteiger partial charge on any atom is -0.508 e. The molecule has 0 heterocycles. The number of nitrogens with one attached hydrogen (secondary N) is 4. The second kappa shape index (κ2) is 40.5. The van der Waals surface area contributed by atoms with Crippen molar-refractivity contribution >= 4 is 92.1 Å². The molecule has 0 saturated carbocycles. The Morgan fingerprint density at radius 3 is 1.47 bits per heavy atom. The third kappa shape index (κ3) is 24.3. The number of carbonyl (C=O) groups excluding carboxylic acids is 9. The number of aliphatic hydroxyl groups is 2. The van der Waals surface area contributed by atoms with Crippen molar-refractivity contribution in [2.75, 3.05) is 44.4 Å². The van der Waals surface area contributed by atoms with E-state index < -0.39 is 127 Å². The smallest absolute Gasteiger partial charge is 0.414 e. The number of carboxylic acid groups (broad SMARTS) is 1. The number of hydrogen-bond acceptors (Lipinski definition) is 15. The number of carboxylic acids is 1. The van der Waals surface area contributed by atoms with Crippen molar-refractivity contribution in [2.45, 2.75) is 110 Å². The average Bonchev–Trinajstić information content (AvgIpc) is 0.938. The molecule has 8 rings (SSSR count). The molecule has 104 heavy (non-hydrogen) atoms. The summed E-state index contributed by atoms with van der Waals surface area (Å²) < 4.78 is 10.3. The number of esters is 1. The molecule has 0 radical (unpaired) electrons. The standard InChI is InChI=1S/C60H72N6O12.C21H21NO4/c1-37(2)25-44(56(74)64-49(19-12-24-63-60(61)62)53(71)34-47(36-68)59(77)78)31-54(72)51(28-40-20-22-48(69)23-21-40)65-57(75)45(26-38-13-6-3-7-14-38)32-55(73)50(27-39-15-8-4-9-16-39)66-58(76)46(35-67)33-52(70)43-29-41-17-10-5-11-18-42(41)30-43;1-3-25-19(23)14-22(21(24)26-4-2)20-17-11-7-5-9-15(17)13-16-10-6-8-12-18(16)20/h3-11,13-18,20-23,29-30,37,44-47,49-51,67-69H,12,19,24-28,31-36H2,1-2H3,(H,64,74)(H,65,75)(H,66,76)(H,77,78)(H4,61,62,63);5-13H,3-4,14H2,1-2H3/p+1. The van der Waals surface area contributed by atoms with E-state index in [1.54, 1.807) is 98.8 Å². The number of aliphatic carboxylic acids is 1. The van der Waals surface area contributed by atoms with Gasteiger partial charge in [-0.1, -0.05) is 166 Å².